The average Bonchev–Trinajstić information content (AvgIpc) is 2.52. The second-order valence-corrected chi connectivity index (χ2v) is 9.72. The second kappa shape index (κ2) is 31.8. The molecule has 0 N–H and O–H groups in total. The van der Waals surface area contributed by atoms with Gasteiger partial charge in [-0.05, 0) is 125 Å². The summed E-state index contributed by atoms with van der Waals surface area (Å²) in [5, 5.41) is 0. The van der Waals surface area contributed by atoms with Gasteiger partial charge >= 0.3 is 0 Å². The molecule has 0 aromatic heterocycles. The Morgan fingerprint density at radius 2 is 0.424 bits per heavy atom. The van der Waals surface area contributed by atoms with Crippen molar-refractivity contribution in [2.24, 2.45) is 0 Å². The minimum absolute atomic E-state index is 0.375. The molecule has 0 heterocycles. The monoisotopic (exact) mass is 482 g/mol. The third-order valence-corrected chi connectivity index (χ3v) is 2.59. The molecule has 208 valence electrons. The summed E-state index contributed by atoms with van der Waals surface area (Å²) in [5.41, 5.74) is 0. The summed E-state index contributed by atoms with van der Waals surface area (Å²) in [6.45, 7) is 38.3. The molecule has 0 fully saturated rings. The van der Waals surface area contributed by atoms with Gasteiger partial charge in [-0.25, -0.2) is 0 Å². The van der Waals surface area contributed by atoms with Gasteiger partial charge in [0.1, 0.15) is 0 Å². The lowest BCUT2D eigenvalue weighted by molar-refractivity contribution is 0.0296. The van der Waals surface area contributed by atoms with Gasteiger partial charge in [0, 0.05) is 13.2 Å². The normalized spacial score (nSPS) is 10.7. The van der Waals surface area contributed by atoms with Crippen LogP contribution in [0.15, 0.2) is 0 Å². The van der Waals surface area contributed by atoms with Crippen LogP contribution in [0.4, 0.5) is 0 Å². The Morgan fingerprint density at radius 3 is 0.424 bits per heavy atom. The first-order valence-corrected chi connectivity index (χ1v) is 13.1. The highest BCUT2D eigenvalue weighted by Crippen LogP contribution is 1.95. The quantitative estimate of drug-likeness (QED) is 0.313. The number of hydrogen-bond acceptors (Lipinski definition) is 5. The Balaban J connectivity index is -0.0000000995. The third-order valence-electron chi connectivity index (χ3n) is 2.59. The first-order chi connectivity index (χ1) is 14.9. The summed E-state index contributed by atoms with van der Waals surface area (Å²) in [4.78, 5) is 0. The standard InChI is InChI=1S/4C6H14O.C4H10O/c4*1-5(2)7-6(3)4;1-3-5-4-2/h4*5-6H,1-4H3;3-4H2,1-2H3. The van der Waals surface area contributed by atoms with Crippen LogP contribution in [0, 0.1) is 0 Å². The van der Waals surface area contributed by atoms with Gasteiger partial charge in [0.05, 0.1) is 48.8 Å². The SMILES string of the molecule is CC(C)OC(C)C.CC(C)OC(C)C.CC(C)OC(C)C.CC(C)OC(C)C.CCOCC. The van der Waals surface area contributed by atoms with E-state index in [1.165, 1.54) is 0 Å². The molecule has 0 aromatic rings. The Labute approximate surface area is 210 Å². The number of ether oxygens (including phenoxy) is 5. The summed E-state index contributed by atoms with van der Waals surface area (Å²) in [6.07, 6.45) is 3.00. The average molecular weight is 483 g/mol. The van der Waals surface area contributed by atoms with Gasteiger partial charge in [-0.1, -0.05) is 0 Å². The molecule has 0 spiro atoms. The van der Waals surface area contributed by atoms with Gasteiger partial charge in [-0.15, -0.1) is 0 Å². The summed E-state index contributed by atoms with van der Waals surface area (Å²) >= 11 is 0. The van der Waals surface area contributed by atoms with Crippen molar-refractivity contribution in [2.45, 2.75) is 173 Å². The molecular weight excluding hydrogens is 416 g/mol. The van der Waals surface area contributed by atoms with Gasteiger partial charge in [0.15, 0.2) is 0 Å². The summed E-state index contributed by atoms with van der Waals surface area (Å²) in [5.74, 6) is 0. The van der Waals surface area contributed by atoms with Crippen LogP contribution < -0.4 is 0 Å². The predicted molar refractivity (Wildman–Crippen MR) is 148 cm³/mol. The lowest BCUT2D eigenvalue weighted by Crippen LogP contribution is -2.09. The largest absolute Gasteiger partial charge is 0.382 e. The van der Waals surface area contributed by atoms with E-state index in [2.05, 4.69) is 0 Å². The van der Waals surface area contributed by atoms with E-state index in [-0.39, 0.29) is 0 Å². The van der Waals surface area contributed by atoms with Gasteiger partial charge in [0.2, 0.25) is 0 Å². The van der Waals surface area contributed by atoms with Crippen LogP contribution in [-0.2, 0) is 23.7 Å². The van der Waals surface area contributed by atoms with Crippen molar-refractivity contribution in [2.75, 3.05) is 13.2 Å². The molecule has 0 bridgehead atoms. The number of hydrogen-bond donors (Lipinski definition) is 0. The Hall–Kier alpha value is -0.200. The van der Waals surface area contributed by atoms with Gasteiger partial charge < -0.3 is 23.7 Å². The topological polar surface area (TPSA) is 46.2 Å². The van der Waals surface area contributed by atoms with Crippen LogP contribution in [0.25, 0.3) is 0 Å². The van der Waals surface area contributed by atoms with Crippen molar-refractivity contribution in [3.05, 3.63) is 0 Å². The fourth-order valence-electron chi connectivity index (χ4n) is 2.38. The van der Waals surface area contributed by atoms with Crippen LogP contribution in [0.2, 0.25) is 0 Å². The van der Waals surface area contributed by atoms with E-state index in [4.69, 9.17) is 23.7 Å². The van der Waals surface area contributed by atoms with Crippen LogP contribution in [0.5, 0.6) is 0 Å². The zero-order valence-electron chi connectivity index (χ0n) is 26.1. The van der Waals surface area contributed by atoms with Crippen molar-refractivity contribution in [1.82, 2.24) is 0 Å². The lowest BCUT2D eigenvalue weighted by Gasteiger charge is -2.09. The van der Waals surface area contributed by atoms with Gasteiger partial charge in [-0.3, -0.25) is 0 Å². The van der Waals surface area contributed by atoms with E-state index in [0.717, 1.165) is 13.2 Å². The molecule has 5 heteroatoms. The maximum absolute atomic E-state index is 5.25. The molecule has 0 aliphatic carbocycles. The lowest BCUT2D eigenvalue weighted by atomic mass is 10.4. The summed E-state index contributed by atoms with van der Waals surface area (Å²) in [6, 6.07) is 0. The molecule has 5 nitrogen and oxygen atoms in total. The molecule has 0 rings (SSSR count). The Morgan fingerprint density at radius 1 is 0.303 bits per heavy atom. The van der Waals surface area contributed by atoms with E-state index in [1.807, 2.05) is 125 Å². The van der Waals surface area contributed by atoms with Crippen molar-refractivity contribution < 1.29 is 23.7 Å². The predicted octanol–water partition coefficient (Wildman–Crippen LogP) is 8.32. The van der Waals surface area contributed by atoms with E-state index < -0.39 is 0 Å². The van der Waals surface area contributed by atoms with E-state index in [0.29, 0.717) is 48.8 Å². The van der Waals surface area contributed by atoms with Crippen molar-refractivity contribution >= 4 is 0 Å². The highest BCUT2D eigenvalue weighted by molar-refractivity contribution is 4.42. The fraction of sp³-hybridized carbons (Fsp3) is 1.00. The molecule has 0 radical (unpaired) electrons. The Kier molecular flexibility index (Phi) is 41.4. The minimum atomic E-state index is 0.375. The van der Waals surface area contributed by atoms with Crippen molar-refractivity contribution in [3.8, 4) is 0 Å². The molecule has 0 aliphatic rings. The maximum atomic E-state index is 5.25. The van der Waals surface area contributed by atoms with Crippen LogP contribution in [0.1, 0.15) is 125 Å². The first kappa shape index (κ1) is 42.9. The van der Waals surface area contributed by atoms with Gasteiger partial charge in [0.25, 0.3) is 0 Å². The first-order valence-electron chi connectivity index (χ1n) is 13.1. The van der Waals surface area contributed by atoms with Crippen LogP contribution in [0.3, 0.4) is 0 Å². The van der Waals surface area contributed by atoms with Crippen molar-refractivity contribution in [1.29, 1.82) is 0 Å². The van der Waals surface area contributed by atoms with Crippen LogP contribution >= 0.6 is 0 Å². The molecular formula is C28H66O5. The highest BCUT2D eigenvalue weighted by atomic mass is 16.5. The Bertz CT molecular complexity index is 229. The molecule has 0 atom stereocenters. The number of rotatable bonds is 10. The van der Waals surface area contributed by atoms with E-state index in [9.17, 15) is 0 Å². The van der Waals surface area contributed by atoms with Crippen molar-refractivity contribution in [3.63, 3.8) is 0 Å². The highest BCUT2D eigenvalue weighted by Gasteiger charge is 1.96. The summed E-state index contributed by atoms with van der Waals surface area (Å²) in [7, 11) is 0. The molecule has 0 unspecified atom stereocenters. The molecule has 0 amide bonds. The van der Waals surface area contributed by atoms with Crippen LogP contribution in [-0.4, -0.2) is 62.0 Å². The maximum Gasteiger partial charge on any atom is 0.0522 e. The van der Waals surface area contributed by atoms with Gasteiger partial charge in [-0.2, -0.15) is 0 Å². The smallest absolute Gasteiger partial charge is 0.0522 e. The zero-order valence-corrected chi connectivity index (χ0v) is 26.1. The molecule has 0 aromatic carbocycles. The zero-order chi connectivity index (χ0) is 27.6. The second-order valence-electron chi connectivity index (χ2n) is 9.72. The molecule has 33 heavy (non-hydrogen) atoms. The molecule has 0 saturated heterocycles. The van der Waals surface area contributed by atoms with E-state index >= 15 is 0 Å². The molecule has 0 aliphatic heterocycles. The van der Waals surface area contributed by atoms with E-state index in [1.54, 1.807) is 0 Å². The minimum Gasteiger partial charge on any atom is -0.382 e. The summed E-state index contributed by atoms with van der Waals surface area (Å²) < 4.78 is 25.8. The fourth-order valence-corrected chi connectivity index (χ4v) is 2.38. The molecule has 0 saturated carbocycles. The third kappa shape index (κ3) is 89.1.